The summed E-state index contributed by atoms with van der Waals surface area (Å²) in [5.74, 6) is 0. The zero-order valence-electron chi connectivity index (χ0n) is 11.2. The van der Waals surface area contributed by atoms with E-state index in [-0.39, 0.29) is 0 Å². The molecule has 0 amide bonds. The average molecular weight is 221 g/mol. The van der Waals surface area contributed by atoms with Gasteiger partial charge in [0.1, 0.15) is 0 Å². The summed E-state index contributed by atoms with van der Waals surface area (Å²) in [6, 6.07) is 6.99. The minimum absolute atomic E-state index is 0.356. The van der Waals surface area contributed by atoms with Crippen LogP contribution in [0.15, 0.2) is 18.2 Å². The van der Waals surface area contributed by atoms with Gasteiger partial charge in [-0.1, -0.05) is 6.07 Å². The Morgan fingerprint density at radius 1 is 0.875 bits per heavy atom. The number of rotatable bonds is 4. The third-order valence-corrected chi connectivity index (χ3v) is 3.20. The van der Waals surface area contributed by atoms with Crippen LogP contribution in [0.25, 0.3) is 0 Å². The first-order valence-electron chi connectivity index (χ1n) is 5.73. The zero-order valence-corrected chi connectivity index (χ0v) is 11.2. The van der Waals surface area contributed by atoms with Crippen molar-refractivity contribution >= 4 is 0 Å². The molecule has 2 unspecified atom stereocenters. The van der Waals surface area contributed by atoms with E-state index in [2.05, 4.69) is 70.0 Å². The van der Waals surface area contributed by atoms with E-state index in [1.54, 1.807) is 0 Å². The second-order valence-electron chi connectivity index (χ2n) is 4.77. The Morgan fingerprint density at radius 3 is 1.56 bits per heavy atom. The van der Waals surface area contributed by atoms with E-state index in [0.717, 1.165) is 11.4 Å². The maximum absolute atomic E-state index is 4.73. The van der Waals surface area contributed by atoms with E-state index < -0.39 is 0 Å². The first kappa shape index (κ1) is 13.1. The molecule has 1 heterocycles. The highest BCUT2D eigenvalue weighted by Gasteiger charge is 2.13. The van der Waals surface area contributed by atoms with Gasteiger partial charge >= 0.3 is 0 Å². The molecule has 0 saturated carbocycles. The first-order valence-corrected chi connectivity index (χ1v) is 5.73. The van der Waals surface area contributed by atoms with Crippen LogP contribution in [0.3, 0.4) is 0 Å². The summed E-state index contributed by atoms with van der Waals surface area (Å²) in [7, 11) is 8.31. The van der Waals surface area contributed by atoms with Crippen molar-refractivity contribution in [2.75, 3.05) is 28.2 Å². The van der Waals surface area contributed by atoms with E-state index in [4.69, 9.17) is 4.98 Å². The average Bonchev–Trinajstić information content (AvgIpc) is 2.26. The molecule has 3 nitrogen and oxygen atoms in total. The van der Waals surface area contributed by atoms with Crippen LogP contribution in [0.1, 0.15) is 37.3 Å². The van der Waals surface area contributed by atoms with Crippen molar-refractivity contribution in [2.45, 2.75) is 25.9 Å². The Morgan fingerprint density at radius 2 is 1.25 bits per heavy atom. The molecule has 0 radical (unpaired) electrons. The Balaban J connectivity index is 2.95. The van der Waals surface area contributed by atoms with Crippen LogP contribution < -0.4 is 0 Å². The maximum Gasteiger partial charge on any atom is 0.0576 e. The summed E-state index contributed by atoms with van der Waals surface area (Å²) in [6.45, 7) is 4.35. The monoisotopic (exact) mass is 221 g/mol. The van der Waals surface area contributed by atoms with Gasteiger partial charge in [-0.25, -0.2) is 0 Å². The molecule has 16 heavy (non-hydrogen) atoms. The van der Waals surface area contributed by atoms with Crippen molar-refractivity contribution in [1.29, 1.82) is 0 Å². The molecule has 0 spiro atoms. The highest BCUT2D eigenvalue weighted by atomic mass is 15.1. The van der Waals surface area contributed by atoms with Crippen LogP contribution in [0.4, 0.5) is 0 Å². The number of pyridine rings is 1. The summed E-state index contributed by atoms with van der Waals surface area (Å²) < 4.78 is 0. The highest BCUT2D eigenvalue weighted by Crippen LogP contribution is 2.19. The molecular formula is C13H23N3. The summed E-state index contributed by atoms with van der Waals surface area (Å²) in [6.07, 6.45) is 0. The molecule has 1 aromatic heterocycles. The highest BCUT2D eigenvalue weighted by molar-refractivity contribution is 5.16. The molecule has 2 atom stereocenters. The zero-order chi connectivity index (χ0) is 12.3. The standard InChI is InChI=1S/C13H23N3/c1-10(15(3)4)12-8-7-9-13(14-12)11(2)16(5)6/h7-11H,1-6H3. The lowest BCUT2D eigenvalue weighted by molar-refractivity contribution is 0.302. The molecule has 0 aliphatic rings. The fraction of sp³-hybridized carbons (Fsp3) is 0.615. The van der Waals surface area contributed by atoms with Gasteiger partial charge in [-0.05, 0) is 54.2 Å². The molecule has 1 rings (SSSR count). The van der Waals surface area contributed by atoms with Crippen molar-refractivity contribution in [3.05, 3.63) is 29.6 Å². The normalized spacial score (nSPS) is 15.5. The lowest BCUT2D eigenvalue weighted by atomic mass is 10.1. The largest absolute Gasteiger partial charge is 0.301 e. The number of aromatic nitrogens is 1. The van der Waals surface area contributed by atoms with Gasteiger partial charge in [0.25, 0.3) is 0 Å². The van der Waals surface area contributed by atoms with Crippen molar-refractivity contribution < 1.29 is 0 Å². The van der Waals surface area contributed by atoms with Gasteiger partial charge in [0, 0.05) is 12.1 Å². The van der Waals surface area contributed by atoms with Crippen LogP contribution >= 0.6 is 0 Å². The van der Waals surface area contributed by atoms with E-state index >= 15 is 0 Å². The smallest absolute Gasteiger partial charge is 0.0576 e. The molecule has 0 bridgehead atoms. The third-order valence-electron chi connectivity index (χ3n) is 3.20. The van der Waals surface area contributed by atoms with Crippen LogP contribution in [0.5, 0.6) is 0 Å². The SMILES string of the molecule is CC(c1cccc(C(C)N(C)C)n1)N(C)C. The maximum atomic E-state index is 4.73. The number of hydrogen-bond donors (Lipinski definition) is 0. The topological polar surface area (TPSA) is 19.4 Å². The van der Waals surface area contributed by atoms with E-state index in [1.807, 2.05) is 0 Å². The van der Waals surface area contributed by atoms with E-state index in [0.29, 0.717) is 12.1 Å². The summed E-state index contributed by atoms with van der Waals surface area (Å²) in [5, 5.41) is 0. The van der Waals surface area contributed by atoms with Crippen molar-refractivity contribution in [2.24, 2.45) is 0 Å². The van der Waals surface area contributed by atoms with Gasteiger partial charge in [0.15, 0.2) is 0 Å². The Labute approximate surface area is 99.1 Å². The van der Waals surface area contributed by atoms with Gasteiger partial charge in [-0.3, -0.25) is 4.98 Å². The quantitative estimate of drug-likeness (QED) is 0.778. The minimum Gasteiger partial charge on any atom is -0.301 e. The first-order chi connectivity index (χ1) is 7.43. The molecule has 0 N–H and O–H groups in total. The van der Waals surface area contributed by atoms with Crippen molar-refractivity contribution in [3.8, 4) is 0 Å². The Hall–Kier alpha value is -0.930. The van der Waals surface area contributed by atoms with Gasteiger partial charge < -0.3 is 9.80 Å². The lowest BCUT2D eigenvalue weighted by Crippen LogP contribution is -2.21. The summed E-state index contributed by atoms with van der Waals surface area (Å²) in [5.41, 5.74) is 2.27. The lowest BCUT2D eigenvalue weighted by Gasteiger charge is -2.23. The van der Waals surface area contributed by atoms with E-state index in [1.165, 1.54) is 0 Å². The minimum atomic E-state index is 0.356. The number of hydrogen-bond acceptors (Lipinski definition) is 3. The summed E-state index contributed by atoms with van der Waals surface area (Å²) in [4.78, 5) is 9.08. The molecule has 0 aliphatic heterocycles. The number of nitrogens with zero attached hydrogens (tertiary/aromatic N) is 3. The molecule has 90 valence electrons. The van der Waals surface area contributed by atoms with Gasteiger partial charge in [-0.2, -0.15) is 0 Å². The Kier molecular flexibility index (Phi) is 4.44. The van der Waals surface area contributed by atoms with Crippen LogP contribution in [-0.4, -0.2) is 43.0 Å². The fourth-order valence-electron chi connectivity index (χ4n) is 1.46. The molecule has 1 aromatic rings. The van der Waals surface area contributed by atoms with Crippen LogP contribution in [0.2, 0.25) is 0 Å². The molecule has 3 heteroatoms. The fourth-order valence-corrected chi connectivity index (χ4v) is 1.46. The molecule has 0 aliphatic carbocycles. The predicted molar refractivity (Wildman–Crippen MR) is 68.4 cm³/mol. The molecule has 0 saturated heterocycles. The molecule has 0 fully saturated rings. The Bertz CT molecular complexity index is 304. The van der Waals surface area contributed by atoms with Gasteiger partial charge in [-0.15, -0.1) is 0 Å². The third kappa shape index (κ3) is 3.03. The second kappa shape index (κ2) is 5.41. The van der Waals surface area contributed by atoms with Crippen molar-refractivity contribution in [1.82, 2.24) is 14.8 Å². The van der Waals surface area contributed by atoms with Gasteiger partial charge in [0.05, 0.1) is 11.4 Å². The second-order valence-corrected chi connectivity index (χ2v) is 4.77. The van der Waals surface area contributed by atoms with Crippen LogP contribution in [0, 0.1) is 0 Å². The molecule has 0 aromatic carbocycles. The predicted octanol–water partition coefficient (Wildman–Crippen LogP) is 2.33. The molecular weight excluding hydrogens is 198 g/mol. The summed E-state index contributed by atoms with van der Waals surface area (Å²) >= 11 is 0. The van der Waals surface area contributed by atoms with E-state index in [9.17, 15) is 0 Å². The van der Waals surface area contributed by atoms with Crippen molar-refractivity contribution in [3.63, 3.8) is 0 Å². The van der Waals surface area contributed by atoms with Gasteiger partial charge in [0.2, 0.25) is 0 Å². The van der Waals surface area contributed by atoms with Crippen LogP contribution in [-0.2, 0) is 0 Å².